The maximum absolute atomic E-state index is 11.9. The summed E-state index contributed by atoms with van der Waals surface area (Å²) in [6, 6.07) is 13.5. The molecule has 2 aromatic carbocycles. The van der Waals surface area contributed by atoms with Gasteiger partial charge in [0.2, 0.25) is 0 Å². The molecule has 2 aliphatic rings. The molecule has 0 aliphatic heterocycles. The molecule has 0 amide bonds. The zero-order valence-corrected chi connectivity index (χ0v) is 18.7. The molecule has 3 heteroatoms. The predicted octanol–water partition coefficient (Wildman–Crippen LogP) is 6.10. The lowest BCUT2D eigenvalue weighted by molar-refractivity contribution is 0.0526. The van der Waals surface area contributed by atoms with Crippen LogP contribution in [0.3, 0.4) is 0 Å². The van der Waals surface area contributed by atoms with E-state index in [4.69, 9.17) is 4.74 Å². The topological polar surface area (TPSA) is 38.3 Å². The maximum atomic E-state index is 11.9. The van der Waals surface area contributed by atoms with Crippen LogP contribution in [0.25, 0.3) is 5.57 Å². The molecule has 0 radical (unpaired) electrons. The van der Waals surface area contributed by atoms with Gasteiger partial charge in [0.1, 0.15) is 0 Å². The molecule has 1 fully saturated rings. The Bertz CT molecular complexity index is 967. The minimum Gasteiger partial charge on any atom is -0.462 e. The first-order valence-corrected chi connectivity index (χ1v) is 11.2. The molecule has 3 nitrogen and oxygen atoms in total. The van der Waals surface area contributed by atoms with Crippen LogP contribution in [0.2, 0.25) is 0 Å². The highest BCUT2D eigenvalue weighted by molar-refractivity contribution is 5.90. The predicted molar refractivity (Wildman–Crippen MR) is 123 cm³/mol. The maximum Gasteiger partial charge on any atom is 0.338 e. The van der Waals surface area contributed by atoms with E-state index < -0.39 is 0 Å². The fraction of sp³-hybridized carbons (Fsp3) is 0.444. The highest BCUT2D eigenvalue weighted by Gasteiger charge is 2.35. The number of esters is 1. The van der Waals surface area contributed by atoms with Crippen molar-refractivity contribution in [3.8, 4) is 0 Å². The zero-order valence-electron chi connectivity index (χ0n) is 18.7. The van der Waals surface area contributed by atoms with Gasteiger partial charge in [-0.3, -0.25) is 0 Å². The lowest BCUT2D eigenvalue weighted by Crippen LogP contribution is -2.34. The van der Waals surface area contributed by atoms with Crippen LogP contribution >= 0.6 is 0 Å². The summed E-state index contributed by atoms with van der Waals surface area (Å²) in [6.07, 6.45) is 4.99. The number of carbonyl (C=O) groups is 1. The van der Waals surface area contributed by atoms with E-state index in [0.29, 0.717) is 24.3 Å². The van der Waals surface area contributed by atoms with Crippen molar-refractivity contribution in [3.63, 3.8) is 0 Å². The summed E-state index contributed by atoms with van der Waals surface area (Å²) in [5.74, 6) is -0.282. The summed E-state index contributed by atoms with van der Waals surface area (Å²) in [7, 11) is 0. The van der Waals surface area contributed by atoms with Crippen LogP contribution in [-0.4, -0.2) is 18.6 Å². The molecule has 158 valence electrons. The molecule has 0 aromatic heterocycles. The molecule has 0 heterocycles. The van der Waals surface area contributed by atoms with Crippen LogP contribution < -0.4 is 5.32 Å². The number of benzene rings is 2. The van der Waals surface area contributed by atoms with E-state index in [0.717, 1.165) is 11.1 Å². The third kappa shape index (κ3) is 4.09. The van der Waals surface area contributed by atoms with Crippen molar-refractivity contribution < 1.29 is 9.53 Å². The van der Waals surface area contributed by atoms with Crippen molar-refractivity contribution >= 4 is 11.5 Å². The van der Waals surface area contributed by atoms with Gasteiger partial charge >= 0.3 is 5.97 Å². The van der Waals surface area contributed by atoms with Crippen LogP contribution in [0.1, 0.15) is 90.7 Å². The number of ether oxygens (including phenoxy) is 1. The van der Waals surface area contributed by atoms with E-state index in [1.807, 2.05) is 31.2 Å². The van der Waals surface area contributed by atoms with Crippen molar-refractivity contribution in [2.75, 3.05) is 6.61 Å². The normalized spacial score (nSPS) is 19.8. The number of aryl methyl sites for hydroxylation is 1. The van der Waals surface area contributed by atoms with Gasteiger partial charge in [-0.2, -0.15) is 0 Å². The number of fused-ring (bicyclic) bond motifs is 1. The van der Waals surface area contributed by atoms with Crippen molar-refractivity contribution in [1.29, 1.82) is 0 Å². The molecular formula is C27H33NO2. The Morgan fingerprint density at radius 3 is 2.43 bits per heavy atom. The lowest BCUT2D eigenvalue weighted by Gasteiger charge is -2.38. The van der Waals surface area contributed by atoms with Crippen molar-refractivity contribution in [2.24, 2.45) is 0 Å². The van der Waals surface area contributed by atoms with Gasteiger partial charge in [-0.1, -0.05) is 38.6 Å². The Balaban J connectivity index is 1.67. The van der Waals surface area contributed by atoms with Crippen LogP contribution in [0.5, 0.6) is 0 Å². The Morgan fingerprint density at radius 1 is 1.13 bits per heavy atom. The summed E-state index contributed by atoms with van der Waals surface area (Å²) in [4.78, 5) is 11.9. The molecule has 2 aromatic rings. The fourth-order valence-corrected chi connectivity index (χ4v) is 4.60. The number of nitrogens with one attached hydrogen (secondary N) is 1. The second-order valence-electron chi connectivity index (χ2n) is 9.45. The smallest absolute Gasteiger partial charge is 0.338 e. The molecule has 2 aliphatic carbocycles. The summed E-state index contributed by atoms with van der Waals surface area (Å²) in [6.45, 7) is 13.5. The molecule has 0 bridgehead atoms. The molecule has 30 heavy (non-hydrogen) atoms. The number of rotatable bonds is 6. The minimum atomic E-state index is -0.282. The Morgan fingerprint density at radius 2 is 1.80 bits per heavy atom. The third-order valence-electron chi connectivity index (χ3n) is 6.64. The first-order chi connectivity index (χ1) is 14.3. The molecule has 4 rings (SSSR count). The van der Waals surface area contributed by atoms with Crippen molar-refractivity contribution in [3.05, 3.63) is 76.4 Å². The second-order valence-corrected chi connectivity index (χ2v) is 9.45. The van der Waals surface area contributed by atoms with Gasteiger partial charge in [-0.25, -0.2) is 4.79 Å². The van der Waals surface area contributed by atoms with Crippen LogP contribution in [0.4, 0.5) is 0 Å². The summed E-state index contributed by atoms with van der Waals surface area (Å²) < 4.78 is 5.09. The average molecular weight is 404 g/mol. The SMILES string of the molecule is C=C(c1ccc(C(=O)OCC)cc1)c1cc2c(cc1C)C(C)(C)CCC2NC1CC1. The largest absolute Gasteiger partial charge is 0.462 e. The van der Waals surface area contributed by atoms with E-state index in [1.165, 1.54) is 47.9 Å². The molecule has 1 N–H and O–H groups in total. The summed E-state index contributed by atoms with van der Waals surface area (Å²) in [5, 5.41) is 3.86. The number of hydrogen-bond donors (Lipinski definition) is 1. The van der Waals surface area contributed by atoms with Gasteiger partial charge in [0.25, 0.3) is 0 Å². The molecule has 1 atom stereocenters. The van der Waals surface area contributed by atoms with E-state index in [9.17, 15) is 4.79 Å². The Hall–Kier alpha value is -2.39. The highest BCUT2D eigenvalue weighted by Crippen LogP contribution is 2.44. The molecular weight excluding hydrogens is 370 g/mol. The molecule has 1 unspecified atom stereocenters. The summed E-state index contributed by atoms with van der Waals surface area (Å²) >= 11 is 0. The second kappa shape index (κ2) is 8.03. The van der Waals surface area contributed by atoms with E-state index in [1.54, 1.807) is 0 Å². The van der Waals surface area contributed by atoms with E-state index in [-0.39, 0.29) is 11.4 Å². The first-order valence-electron chi connectivity index (χ1n) is 11.2. The third-order valence-corrected chi connectivity index (χ3v) is 6.64. The first kappa shape index (κ1) is 20.9. The Labute approximate surface area is 180 Å². The van der Waals surface area contributed by atoms with Gasteiger partial charge in [0.05, 0.1) is 12.2 Å². The molecule has 0 saturated heterocycles. The van der Waals surface area contributed by atoms with E-state index >= 15 is 0 Å². The quantitative estimate of drug-likeness (QED) is 0.593. The monoisotopic (exact) mass is 403 g/mol. The molecule has 0 spiro atoms. The van der Waals surface area contributed by atoms with Crippen LogP contribution in [-0.2, 0) is 10.2 Å². The minimum absolute atomic E-state index is 0.197. The van der Waals surface area contributed by atoms with Gasteiger partial charge < -0.3 is 10.1 Å². The zero-order chi connectivity index (χ0) is 21.5. The number of carbonyl (C=O) groups excluding carboxylic acids is 1. The standard InChI is InChI=1S/C27H33NO2/c1-6-30-26(29)20-9-7-19(8-10-20)18(3)22-16-23-24(15-17(22)2)27(4,5)14-13-25(23)28-21-11-12-21/h7-10,15-16,21,25,28H,3,6,11-14H2,1-2,4-5H3. The average Bonchev–Trinajstić information content (AvgIpc) is 3.54. The molecule has 1 saturated carbocycles. The van der Waals surface area contributed by atoms with Gasteiger partial charge in [-0.15, -0.1) is 0 Å². The van der Waals surface area contributed by atoms with Crippen molar-refractivity contribution in [1.82, 2.24) is 5.32 Å². The van der Waals surface area contributed by atoms with Crippen LogP contribution in [0.15, 0.2) is 43.0 Å². The van der Waals surface area contributed by atoms with Gasteiger partial charge in [-0.05, 0) is 96.5 Å². The Kier molecular flexibility index (Phi) is 5.59. The van der Waals surface area contributed by atoms with Gasteiger partial charge in [0.15, 0.2) is 0 Å². The number of hydrogen-bond acceptors (Lipinski definition) is 3. The fourth-order valence-electron chi connectivity index (χ4n) is 4.60. The summed E-state index contributed by atoms with van der Waals surface area (Å²) in [5.41, 5.74) is 8.16. The van der Waals surface area contributed by atoms with Crippen molar-refractivity contribution in [2.45, 2.75) is 70.9 Å². The van der Waals surface area contributed by atoms with Crippen LogP contribution in [0, 0.1) is 6.92 Å². The lowest BCUT2D eigenvalue weighted by atomic mass is 9.69. The van der Waals surface area contributed by atoms with Gasteiger partial charge in [0, 0.05) is 12.1 Å². The van der Waals surface area contributed by atoms with E-state index in [2.05, 4.69) is 44.8 Å². The highest BCUT2D eigenvalue weighted by atomic mass is 16.5.